The molecule has 0 heterocycles. The van der Waals surface area contributed by atoms with E-state index in [-0.39, 0.29) is 18.2 Å². The molecule has 2 rings (SSSR count). The van der Waals surface area contributed by atoms with Crippen LogP contribution in [0.2, 0.25) is 0 Å². The zero-order valence-corrected chi connectivity index (χ0v) is 14.7. The van der Waals surface area contributed by atoms with Crippen molar-refractivity contribution in [2.24, 2.45) is 0 Å². The summed E-state index contributed by atoms with van der Waals surface area (Å²) in [5.41, 5.74) is 3.69. The molecule has 0 bridgehead atoms. The quantitative estimate of drug-likeness (QED) is 0.808. The van der Waals surface area contributed by atoms with Crippen molar-refractivity contribution in [1.82, 2.24) is 4.72 Å². The molecule has 0 aliphatic carbocycles. The number of rotatable bonds is 7. The minimum absolute atomic E-state index is 0.0478. The molecule has 0 aliphatic rings. The van der Waals surface area contributed by atoms with Crippen LogP contribution in [-0.4, -0.2) is 26.6 Å². The SMILES string of the molecule is Cc1cc(C)cc(NC(=O)CNS(=O)(=O)CCc2ccccc2)c1. The number of anilines is 1. The van der Waals surface area contributed by atoms with Crippen molar-refractivity contribution in [1.29, 1.82) is 0 Å². The fraction of sp³-hybridized carbons (Fsp3) is 0.278. The van der Waals surface area contributed by atoms with Gasteiger partial charge in [-0.05, 0) is 49.1 Å². The van der Waals surface area contributed by atoms with Gasteiger partial charge < -0.3 is 5.32 Å². The van der Waals surface area contributed by atoms with Crippen LogP contribution in [0.3, 0.4) is 0 Å². The normalized spacial score (nSPS) is 11.2. The molecule has 2 aromatic carbocycles. The molecule has 0 aliphatic heterocycles. The van der Waals surface area contributed by atoms with Crippen molar-refractivity contribution in [3.05, 3.63) is 65.2 Å². The maximum Gasteiger partial charge on any atom is 0.239 e. The molecule has 0 unspecified atom stereocenters. The molecule has 6 heteroatoms. The Morgan fingerprint density at radius 2 is 1.62 bits per heavy atom. The largest absolute Gasteiger partial charge is 0.325 e. The molecule has 0 radical (unpaired) electrons. The molecule has 2 aromatic rings. The zero-order chi connectivity index (χ0) is 17.6. The molecule has 0 spiro atoms. The highest BCUT2D eigenvalue weighted by Gasteiger charge is 2.13. The van der Waals surface area contributed by atoms with Gasteiger partial charge in [0, 0.05) is 5.69 Å². The Bertz CT molecular complexity index is 782. The topological polar surface area (TPSA) is 75.3 Å². The molecule has 2 N–H and O–H groups in total. The Hall–Kier alpha value is -2.18. The van der Waals surface area contributed by atoms with E-state index in [2.05, 4.69) is 10.0 Å². The van der Waals surface area contributed by atoms with Crippen LogP contribution in [0.4, 0.5) is 5.69 Å². The van der Waals surface area contributed by atoms with Crippen molar-refractivity contribution >= 4 is 21.6 Å². The predicted molar refractivity (Wildman–Crippen MR) is 96.5 cm³/mol. The summed E-state index contributed by atoms with van der Waals surface area (Å²) < 4.78 is 26.3. The van der Waals surface area contributed by atoms with Gasteiger partial charge in [0.15, 0.2) is 0 Å². The first-order chi connectivity index (χ1) is 11.3. The standard InChI is InChI=1S/C18H22N2O3S/c1-14-10-15(2)12-17(11-14)20-18(21)13-19-24(22,23)9-8-16-6-4-3-5-7-16/h3-7,10-12,19H,8-9,13H2,1-2H3,(H,20,21). The van der Waals surface area contributed by atoms with Gasteiger partial charge in [0.2, 0.25) is 15.9 Å². The first kappa shape index (κ1) is 18.2. The maximum absolute atomic E-state index is 12.0. The second-order valence-corrected chi connectivity index (χ2v) is 7.73. The zero-order valence-electron chi connectivity index (χ0n) is 13.9. The summed E-state index contributed by atoms with van der Waals surface area (Å²) in [6.07, 6.45) is 0.412. The summed E-state index contributed by atoms with van der Waals surface area (Å²) in [6, 6.07) is 15.1. The lowest BCUT2D eigenvalue weighted by Gasteiger charge is -2.09. The highest BCUT2D eigenvalue weighted by molar-refractivity contribution is 7.89. The Labute approximate surface area is 143 Å². The van der Waals surface area contributed by atoms with E-state index in [0.29, 0.717) is 12.1 Å². The van der Waals surface area contributed by atoms with Gasteiger partial charge in [-0.1, -0.05) is 36.4 Å². The maximum atomic E-state index is 12.0. The van der Waals surface area contributed by atoms with Crippen LogP contribution < -0.4 is 10.0 Å². The summed E-state index contributed by atoms with van der Waals surface area (Å²) in [7, 11) is -3.49. The van der Waals surface area contributed by atoms with E-state index in [1.54, 1.807) is 0 Å². The van der Waals surface area contributed by atoms with Crippen molar-refractivity contribution in [2.75, 3.05) is 17.6 Å². The Balaban J connectivity index is 1.83. The summed E-state index contributed by atoms with van der Waals surface area (Å²) in [5, 5.41) is 2.70. The number of nitrogens with one attached hydrogen (secondary N) is 2. The molecular formula is C18H22N2O3S. The highest BCUT2D eigenvalue weighted by Crippen LogP contribution is 2.13. The lowest BCUT2D eigenvalue weighted by atomic mass is 10.1. The second-order valence-electron chi connectivity index (χ2n) is 5.80. The number of aryl methyl sites for hydroxylation is 3. The molecule has 0 saturated carbocycles. The van der Waals surface area contributed by atoms with E-state index in [9.17, 15) is 13.2 Å². The number of hydrogen-bond acceptors (Lipinski definition) is 3. The second kappa shape index (κ2) is 8.08. The monoisotopic (exact) mass is 346 g/mol. The van der Waals surface area contributed by atoms with Crippen LogP contribution >= 0.6 is 0 Å². The van der Waals surface area contributed by atoms with Crippen molar-refractivity contribution in [3.63, 3.8) is 0 Å². The average molecular weight is 346 g/mol. The third-order valence-corrected chi connectivity index (χ3v) is 4.79. The van der Waals surface area contributed by atoms with Crippen molar-refractivity contribution < 1.29 is 13.2 Å². The predicted octanol–water partition coefficient (Wildman–Crippen LogP) is 2.40. The van der Waals surface area contributed by atoms with Crippen LogP contribution in [0.25, 0.3) is 0 Å². The van der Waals surface area contributed by atoms with E-state index >= 15 is 0 Å². The Morgan fingerprint density at radius 1 is 1.00 bits per heavy atom. The van der Waals surface area contributed by atoms with Gasteiger partial charge >= 0.3 is 0 Å². The molecule has 128 valence electrons. The van der Waals surface area contributed by atoms with Gasteiger partial charge in [-0.15, -0.1) is 0 Å². The minimum Gasteiger partial charge on any atom is -0.325 e. The molecule has 0 atom stereocenters. The van der Waals surface area contributed by atoms with Crippen LogP contribution in [0.1, 0.15) is 16.7 Å². The number of amides is 1. The number of sulfonamides is 1. The molecule has 24 heavy (non-hydrogen) atoms. The van der Waals surface area contributed by atoms with Crippen molar-refractivity contribution in [2.45, 2.75) is 20.3 Å². The smallest absolute Gasteiger partial charge is 0.239 e. The van der Waals surface area contributed by atoms with E-state index < -0.39 is 10.0 Å². The molecule has 0 saturated heterocycles. The minimum atomic E-state index is -3.49. The fourth-order valence-electron chi connectivity index (χ4n) is 2.40. The first-order valence-electron chi connectivity index (χ1n) is 7.73. The molecule has 5 nitrogen and oxygen atoms in total. The van der Waals surface area contributed by atoms with Crippen LogP contribution in [-0.2, 0) is 21.2 Å². The average Bonchev–Trinajstić information content (AvgIpc) is 2.51. The Kier molecular flexibility index (Phi) is 6.11. The molecular weight excluding hydrogens is 324 g/mol. The summed E-state index contributed by atoms with van der Waals surface area (Å²) in [4.78, 5) is 11.9. The third-order valence-electron chi connectivity index (χ3n) is 3.46. The number of hydrogen-bond donors (Lipinski definition) is 2. The van der Waals surface area contributed by atoms with Gasteiger partial charge in [-0.25, -0.2) is 13.1 Å². The van der Waals surface area contributed by atoms with Gasteiger partial charge in [0.25, 0.3) is 0 Å². The van der Waals surface area contributed by atoms with Crippen LogP contribution in [0.5, 0.6) is 0 Å². The van der Waals surface area contributed by atoms with E-state index in [4.69, 9.17) is 0 Å². The molecule has 0 aromatic heterocycles. The fourth-order valence-corrected chi connectivity index (χ4v) is 3.40. The lowest BCUT2D eigenvalue weighted by Crippen LogP contribution is -2.34. The summed E-state index contributed by atoms with van der Waals surface area (Å²) in [5.74, 6) is -0.434. The van der Waals surface area contributed by atoms with Gasteiger partial charge in [0.05, 0.1) is 12.3 Å². The number of benzene rings is 2. The Morgan fingerprint density at radius 3 is 2.25 bits per heavy atom. The molecule has 0 fully saturated rings. The number of carbonyl (C=O) groups is 1. The third kappa shape index (κ3) is 6.14. The summed E-state index contributed by atoms with van der Waals surface area (Å²) >= 11 is 0. The van der Waals surface area contributed by atoms with Crippen molar-refractivity contribution in [3.8, 4) is 0 Å². The van der Waals surface area contributed by atoms with E-state index in [0.717, 1.165) is 16.7 Å². The molecule has 1 amide bonds. The van der Waals surface area contributed by atoms with Gasteiger partial charge in [-0.3, -0.25) is 4.79 Å². The van der Waals surface area contributed by atoms with E-state index in [1.807, 2.05) is 62.4 Å². The number of carbonyl (C=O) groups excluding carboxylic acids is 1. The van der Waals surface area contributed by atoms with E-state index in [1.165, 1.54) is 0 Å². The lowest BCUT2D eigenvalue weighted by molar-refractivity contribution is -0.115. The summed E-state index contributed by atoms with van der Waals surface area (Å²) in [6.45, 7) is 3.61. The van der Waals surface area contributed by atoms with Crippen LogP contribution in [0, 0.1) is 13.8 Å². The highest BCUT2D eigenvalue weighted by atomic mass is 32.2. The van der Waals surface area contributed by atoms with Crippen LogP contribution in [0.15, 0.2) is 48.5 Å². The first-order valence-corrected chi connectivity index (χ1v) is 9.39. The van der Waals surface area contributed by atoms with Gasteiger partial charge in [0.1, 0.15) is 0 Å². The van der Waals surface area contributed by atoms with Gasteiger partial charge in [-0.2, -0.15) is 0 Å².